The van der Waals surface area contributed by atoms with E-state index in [1.807, 2.05) is 48.5 Å². The molecule has 3 aliphatic rings. The fraction of sp³-hybridized carbons (Fsp3) is 0.360. The summed E-state index contributed by atoms with van der Waals surface area (Å²) in [6.45, 7) is 0.296. The van der Waals surface area contributed by atoms with E-state index in [1.165, 1.54) is 0 Å². The molecule has 0 spiro atoms. The van der Waals surface area contributed by atoms with Gasteiger partial charge in [0.1, 0.15) is 18.6 Å². The number of ether oxygens (including phenoxy) is 2. The van der Waals surface area contributed by atoms with E-state index < -0.39 is 48.0 Å². The van der Waals surface area contributed by atoms with E-state index in [2.05, 4.69) is 16.0 Å². The lowest BCUT2D eigenvalue weighted by Gasteiger charge is -2.22. The zero-order valence-electron chi connectivity index (χ0n) is 18.7. The number of hydrogen-bond donors (Lipinski definition) is 4. The van der Waals surface area contributed by atoms with Gasteiger partial charge in [0.2, 0.25) is 5.91 Å². The number of carbonyl (C=O) groups excluding carboxylic acids is 3. The summed E-state index contributed by atoms with van der Waals surface area (Å²) in [7, 11) is 0. The Balaban J connectivity index is 1.20. The van der Waals surface area contributed by atoms with Crippen LogP contribution in [0.25, 0.3) is 11.1 Å². The number of amides is 3. The summed E-state index contributed by atoms with van der Waals surface area (Å²) < 4.78 is 11.0. The summed E-state index contributed by atoms with van der Waals surface area (Å²) in [5.41, 5.74) is 4.42. The minimum Gasteiger partial charge on any atom is -0.481 e. The van der Waals surface area contributed by atoms with Crippen LogP contribution in [0.4, 0.5) is 4.79 Å². The zero-order valence-corrected chi connectivity index (χ0v) is 18.7. The van der Waals surface area contributed by atoms with E-state index in [0.29, 0.717) is 6.42 Å². The number of carbonyl (C=O) groups is 4. The second-order valence-electron chi connectivity index (χ2n) is 8.83. The predicted molar refractivity (Wildman–Crippen MR) is 122 cm³/mol. The molecule has 2 fully saturated rings. The molecular formula is C25H25N3O7. The Morgan fingerprint density at radius 1 is 1.03 bits per heavy atom. The molecule has 35 heavy (non-hydrogen) atoms. The fourth-order valence-electron chi connectivity index (χ4n) is 5.04. The minimum atomic E-state index is -1.20. The highest BCUT2D eigenvalue weighted by Gasteiger charge is 2.44. The van der Waals surface area contributed by atoms with Gasteiger partial charge in [-0.3, -0.25) is 14.4 Å². The molecule has 2 unspecified atom stereocenters. The molecule has 0 bridgehead atoms. The molecule has 10 heteroatoms. The van der Waals surface area contributed by atoms with E-state index in [4.69, 9.17) is 9.47 Å². The first-order valence-corrected chi connectivity index (χ1v) is 11.5. The number of benzene rings is 2. The monoisotopic (exact) mass is 479 g/mol. The van der Waals surface area contributed by atoms with Crippen molar-refractivity contribution >= 4 is 23.9 Å². The molecule has 3 amide bonds. The lowest BCUT2D eigenvalue weighted by Crippen LogP contribution is -2.53. The number of hydrogen-bond acceptors (Lipinski definition) is 6. The Bertz CT molecular complexity index is 1140. The van der Waals surface area contributed by atoms with Gasteiger partial charge >= 0.3 is 12.1 Å². The van der Waals surface area contributed by atoms with E-state index in [0.717, 1.165) is 22.3 Å². The molecular weight excluding hydrogens is 454 g/mol. The number of fused-ring (bicyclic) bond motifs is 3. The second-order valence-corrected chi connectivity index (χ2v) is 8.83. The van der Waals surface area contributed by atoms with Gasteiger partial charge in [0, 0.05) is 19.1 Å². The Kier molecular flexibility index (Phi) is 6.12. The molecule has 0 aromatic heterocycles. The lowest BCUT2D eigenvalue weighted by atomic mass is 9.98. The average Bonchev–Trinajstić information content (AvgIpc) is 3.54. The molecule has 0 radical (unpaired) electrons. The maximum atomic E-state index is 12.7. The van der Waals surface area contributed by atoms with Crippen LogP contribution in [0, 0.1) is 5.92 Å². The molecule has 10 nitrogen and oxygen atoms in total. The first-order valence-electron chi connectivity index (χ1n) is 11.5. The van der Waals surface area contributed by atoms with Crippen molar-refractivity contribution in [1.29, 1.82) is 0 Å². The SMILES string of the molecule is O=C(N[C@H]1CCO[C@H]1C(=O)NC1C(=O)NCC1C(=O)O)OCC1c2ccccc2-c2ccccc21. The van der Waals surface area contributed by atoms with E-state index in [1.54, 1.807) is 0 Å². The third-order valence-corrected chi connectivity index (χ3v) is 6.79. The van der Waals surface area contributed by atoms with Crippen LogP contribution < -0.4 is 16.0 Å². The third-order valence-electron chi connectivity index (χ3n) is 6.79. The van der Waals surface area contributed by atoms with Crippen molar-refractivity contribution in [3.63, 3.8) is 0 Å². The molecule has 4 atom stereocenters. The van der Waals surface area contributed by atoms with Crippen LogP contribution in [-0.4, -0.2) is 66.9 Å². The highest BCUT2D eigenvalue weighted by Crippen LogP contribution is 2.44. The van der Waals surface area contributed by atoms with Crippen molar-refractivity contribution in [2.45, 2.75) is 30.5 Å². The molecule has 2 aromatic rings. The van der Waals surface area contributed by atoms with Crippen molar-refractivity contribution < 1.29 is 33.8 Å². The summed E-state index contributed by atoms with van der Waals surface area (Å²) in [5, 5.41) is 16.8. The van der Waals surface area contributed by atoms with Crippen LogP contribution in [0.15, 0.2) is 48.5 Å². The van der Waals surface area contributed by atoms with Crippen LogP contribution in [0.5, 0.6) is 0 Å². The molecule has 1 aliphatic carbocycles. The lowest BCUT2D eigenvalue weighted by molar-refractivity contribution is -0.144. The van der Waals surface area contributed by atoms with Crippen LogP contribution in [0.3, 0.4) is 0 Å². The Morgan fingerprint density at radius 3 is 2.34 bits per heavy atom. The topological polar surface area (TPSA) is 143 Å². The van der Waals surface area contributed by atoms with E-state index >= 15 is 0 Å². The van der Waals surface area contributed by atoms with Gasteiger partial charge in [-0.2, -0.15) is 0 Å². The van der Waals surface area contributed by atoms with Crippen molar-refractivity contribution in [2.24, 2.45) is 5.92 Å². The number of rotatable bonds is 6. The number of alkyl carbamates (subject to hydrolysis) is 1. The Hall–Kier alpha value is -3.92. The van der Waals surface area contributed by atoms with Crippen LogP contribution >= 0.6 is 0 Å². The van der Waals surface area contributed by atoms with Crippen LogP contribution in [0.1, 0.15) is 23.5 Å². The second kappa shape index (κ2) is 9.38. The van der Waals surface area contributed by atoms with E-state index in [9.17, 15) is 24.3 Å². The molecule has 2 saturated heterocycles. The van der Waals surface area contributed by atoms with Gasteiger partial charge in [0.15, 0.2) is 6.10 Å². The minimum absolute atomic E-state index is 0.0634. The molecule has 5 rings (SSSR count). The van der Waals surface area contributed by atoms with Gasteiger partial charge in [-0.1, -0.05) is 48.5 Å². The highest BCUT2D eigenvalue weighted by molar-refractivity contribution is 5.95. The van der Waals surface area contributed by atoms with Crippen molar-refractivity contribution in [3.05, 3.63) is 59.7 Å². The standard InChI is InChI=1S/C25H25N3O7/c29-22-20(17(11-26-22)24(31)32)28-23(30)21-19(9-10-34-21)27-25(33)35-12-18-15-7-3-1-5-13(15)14-6-2-4-8-16(14)18/h1-8,17-21H,9-12H2,(H,26,29)(H,27,33)(H,28,30)(H,31,32)/t17?,19-,20?,21+/m0/s1. The van der Waals surface area contributed by atoms with E-state index in [-0.39, 0.29) is 25.7 Å². The number of carboxylic acid groups (broad SMARTS) is 1. The van der Waals surface area contributed by atoms with Crippen molar-refractivity contribution in [3.8, 4) is 11.1 Å². The zero-order chi connectivity index (χ0) is 24.5. The van der Waals surface area contributed by atoms with Gasteiger partial charge in [-0.15, -0.1) is 0 Å². The summed E-state index contributed by atoms with van der Waals surface area (Å²) in [4.78, 5) is 48.7. The van der Waals surface area contributed by atoms with Gasteiger partial charge in [-0.25, -0.2) is 4.79 Å². The summed E-state index contributed by atoms with van der Waals surface area (Å²) in [6, 6.07) is 14.1. The molecule has 4 N–H and O–H groups in total. The summed E-state index contributed by atoms with van der Waals surface area (Å²) in [6.07, 6.45) is -1.36. The first kappa shape index (κ1) is 22.9. The summed E-state index contributed by atoms with van der Waals surface area (Å²) >= 11 is 0. The normalized spacial score (nSPS) is 24.9. The summed E-state index contributed by atoms with van der Waals surface area (Å²) in [5.74, 6) is -3.57. The van der Waals surface area contributed by atoms with Gasteiger partial charge < -0.3 is 30.5 Å². The van der Waals surface area contributed by atoms with Crippen LogP contribution in [-0.2, 0) is 23.9 Å². The molecule has 2 heterocycles. The van der Waals surface area contributed by atoms with Crippen molar-refractivity contribution in [1.82, 2.24) is 16.0 Å². The van der Waals surface area contributed by atoms with Gasteiger partial charge in [0.05, 0.1) is 6.04 Å². The van der Waals surface area contributed by atoms with Gasteiger partial charge in [0.25, 0.3) is 5.91 Å². The first-order chi connectivity index (χ1) is 16.9. The predicted octanol–water partition coefficient (Wildman–Crippen LogP) is 0.998. The number of aliphatic carboxylic acids is 1. The number of nitrogens with one attached hydrogen (secondary N) is 3. The maximum absolute atomic E-state index is 12.7. The highest BCUT2D eigenvalue weighted by atomic mass is 16.6. The van der Waals surface area contributed by atoms with Gasteiger partial charge in [-0.05, 0) is 28.7 Å². The fourth-order valence-corrected chi connectivity index (χ4v) is 5.04. The van der Waals surface area contributed by atoms with Crippen LogP contribution in [0.2, 0.25) is 0 Å². The van der Waals surface area contributed by atoms with Crippen molar-refractivity contribution in [2.75, 3.05) is 19.8 Å². The largest absolute Gasteiger partial charge is 0.481 e. The Labute approximate surface area is 201 Å². The third kappa shape index (κ3) is 4.32. The molecule has 2 aromatic carbocycles. The molecule has 0 saturated carbocycles. The quantitative estimate of drug-likeness (QED) is 0.484. The molecule has 182 valence electrons. The number of carboxylic acids is 1. The maximum Gasteiger partial charge on any atom is 0.407 e. The average molecular weight is 479 g/mol. The smallest absolute Gasteiger partial charge is 0.407 e. The Morgan fingerprint density at radius 2 is 1.69 bits per heavy atom. The molecule has 2 aliphatic heterocycles.